The molecular formula is C13H17BrN2. The first-order valence-electron chi connectivity index (χ1n) is 5.15. The number of benzene rings is 1. The number of halogens is 1. The zero-order valence-corrected chi connectivity index (χ0v) is 10.9. The van der Waals surface area contributed by atoms with E-state index in [9.17, 15) is 0 Å². The maximum atomic E-state index is 5.95. The van der Waals surface area contributed by atoms with E-state index in [-0.39, 0.29) is 0 Å². The van der Waals surface area contributed by atoms with Crippen LogP contribution in [0.15, 0.2) is 48.0 Å². The normalized spacial score (nSPS) is 10.4. The number of anilines is 1. The topological polar surface area (TPSA) is 29.3 Å². The third kappa shape index (κ3) is 3.83. The van der Waals surface area contributed by atoms with E-state index in [1.807, 2.05) is 30.4 Å². The summed E-state index contributed by atoms with van der Waals surface area (Å²) < 4.78 is 1.01. The van der Waals surface area contributed by atoms with Crippen LogP contribution in [0.1, 0.15) is 5.56 Å². The molecule has 0 aliphatic carbocycles. The lowest BCUT2D eigenvalue weighted by Gasteiger charge is -2.19. The molecule has 0 saturated carbocycles. The van der Waals surface area contributed by atoms with Gasteiger partial charge in [0.1, 0.15) is 0 Å². The average molecular weight is 281 g/mol. The number of nitrogens with two attached hydrogens (primary N) is 1. The Labute approximate surface area is 106 Å². The van der Waals surface area contributed by atoms with Gasteiger partial charge in [-0.05, 0) is 17.7 Å². The van der Waals surface area contributed by atoms with E-state index in [4.69, 9.17) is 5.73 Å². The van der Waals surface area contributed by atoms with Crippen LogP contribution in [0.25, 0.3) is 0 Å². The minimum atomic E-state index is 0.812. The third-order valence-corrected chi connectivity index (χ3v) is 2.77. The Bertz CT molecular complexity index is 364. The lowest BCUT2D eigenvalue weighted by Crippen LogP contribution is -2.23. The summed E-state index contributed by atoms with van der Waals surface area (Å²) in [4.78, 5) is 2.22. The Morgan fingerprint density at radius 3 is 2.38 bits per heavy atom. The maximum Gasteiger partial charge on any atom is 0.0371 e. The Morgan fingerprint density at radius 1 is 1.25 bits per heavy atom. The molecule has 0 fully saturated rings. The molecule has 0 saturated heterocycles. The second-order valence-corrected chi connectivity index (χ2v) is 4.53. The Morgan fingerprint density at radius 2 is 1.88 bits per heavy atom. The summed E-state index contributed by atoms with van der Waals surface area (Å²) in [6.45, 7) is 9.98. The number of rotatable bonds is 6. The van der Waals surface area contributed by atoms with Crippen molar-refractivity contribution in [3.8, 4) is 0 Å². The Kier molecular flexibility index (Phi) is 5.29. The molecule has 3 heteroatoms. The summed E-state index contributed by atoms with van der Waals surface area (Å²) in [6.07, 6.45) is 3.77. The number of nitrogen functional groups attached to an aromatic ring is 1. The summed E-state index contributed by atoms with van der Waals surface area (Å²) >= 11 is 3.40. The quantitative estimate of drug-likeness (QED) is 0.641. The molecule has 0 atom stereocenters. The molecular weight excluding hydrogens is 264 g/mol. The molecule has 0 aliphatic rings. The lowest BCUT2D eigenvalue weighted by atomic mass is 10.1. The van der Waals surface area contributed by atoms with Crippen molar-refractivity contribution >= 4 is 21.6 Å². The van der Waals surface area contributed by atoms with Crippen LogP contribution in [0, 0.1) is 0 Å². The second kappa shape index (κ2) is 6.51. The van der Waals surface area contributed by atoms with Crippen LogP contribution in [0.3, 0.4) is 0 Å². The van der Waals surface area contributed by atoms with Gasteiger partial charge in [-0.1, -0.05) is 34.1 Å². The van der Waals surface area contributed by atoms with Crippen LogP contribution in [-0.4, -0.2) is 18.0 Å². The standard InChI is InChI=1S/C13H17BrN2/c1-3-7-16(8-4-2)10-11-5-6-12(14)9-13(11)15/h3-6,9H,1-2,7-8,10,15H2. The van der Waals surface area contributed by atoms with Gasteiger partial charge in [0, 0.05) is 29.8 Å². The van der Waals surface area contributed by atoms with Crippen LogP contribution in [0.5, 0.6) is 0 Å². The first-order chi connectivity index (χ1) is 7.67. The van der Waals surface area contributed by atoms with Crippen molar-refractivity contribution in [1.29, 1.82) is 0 Å². The zero-order chi connectivity index (χ0) is 12.0. The fourth-order valence-electron chi connectivity index (χ4n) is 1.52. The van der Waals surface area contributed by atoms with Gasteiger partial charge < -0.3 is 5.73 Å². The van der Waals surface area contributed by atoms with E-state index in [0.717, 1.165) is 35.4 Å². The molecule has 0 radical (unpaired) electrons. The van der Waals surface area contributed by atoms with E-state index >= 15 is 0 Å². The maximum absolute atomic E-state index is 5.95. The number of nitrogens with zero attached hydrogens (tertiary/aromatic N) is 1. The van der Waals surface area contributed by atoms with E-state index in [0.29, 0.717) is 0 Å². The molecule has 86 valence electrons. The van der Waals surface area contributed by atoms with Crippen molar-refractivity contribution in [1.82, 2.24) is 4.90 Å². The molecule has 0 aromatic heterocycles. The molecule has 1 aromatic carbocycles. The van der Waals surface area contributed by atoms with Crippen molar-refractivity contribution in [2.24, 2.45) is 0 Å². The van der Waals surface area contributed by atoms with Crippen molar-refractivity contribution in [2.45, 2.75) is 6.54 Å². The molecule has 0 aliphatic heterocycles. The fraction of sp³-hybridized carbons (Fsp3) is 0.231. The number of hydrogen-bond acceptors (Lipinski definition) is 2. The highest BCUT2D eigenvalue weighted by Gasteiger charge is 2.05. The zero-order valence-electron chi connectivity index (χ0n) is 9.32. The predicted octanol–water partition coefficient (Wildman–Crippen LogP) is 3.21. The summed E-state index contributed by atoms with van der Waals surface area (Å²) in [6, 6.07) is 5.97. The molecule has 2 N–H and O–H groups in total. The first-order valence-corrected chi connectivity index (χ1v) is 5.94. The van der Waals surface area contributed by atoms with Crippen molar-refractivity contribution in [3.63, 3.8) is 0 Å². The first kappa shape index (κ1) is 13.0. The summed E-state index contributed by atoms with van der Waals surface area (Å²) in [7, 11) is 0. The Hall–Kier alpha value is -1.06. The molecule has 1 rings (SSSR count). The highest BCUT2D eigenvalue weighted by molar-refractivity contribution is 9.10. The van der Waals surface area contributed by atoms with Gasteiger partial charge in [-0.3, -0.25) is 4.90 Å². The Balaban J connectivity index is 2.75. The van der Waals surface area contributed by atoms with Gasteiger partial charge in [0.05, 0.1) is 0 Å². The van der Waals surface area contributed by atoms with Crippen LogP contribution in [0.2, 0.25) is 0 Å². The van der Waals surface area contributed by atoms with Gasteiger partial charge in [0.25, 0.3) is 0 Å². The summed E-state index contributed by atoms with van der Waals surface area (Å²) in [5.74, 6) is 0. The highest BCUT2D eigenvalue weighted by Crippen LogP contribution is 2.19. The monoisotopic (exact) mass is 280 g/mol. The smallest absolute Gasteiger partial charge is 0.0371 e. The van der Waals surface area contributed by atoms with Crippen LogP contribution in [-0.2, 0) is 6.54 Å². The second-order valence-electron chi connectivity index (χ2n) is 3.61. The molecule has 0 unspecified atom stereocenters. The molecule has 1 aromatic rings. The van der Waals surface area contributed by atoms with Crippen molar-refractivity contribution in [2.75, 3.05) is 18.8 Å². The molecule has 0 bridgehead atoms. The molecule has 2 nitrogen and oxygen atoms in total. The van der Waals surface area contributed by atoms with E-state index < -0.39 is 0 Å². The lowest BCUT2D eigenvalue weighted by molar-refractivity contribution is 0.328. The minimum Gasteiger partial charge on any atom is -0.398 e. The van der Waals surface area contributed by atoms with Gasteiger partial charge in [0.2, 0.25) is 0 Å². The van der Waals surface area contributed by atoms with E-state index in [2.05, 4.69) is 34.0 Å². The van der Waals surface area contributed by atoms with Gasteiger partial charge in [-0.2, -0.15) is 0 Å². The fourth-order valence-corrected chi connectivity index (χ4v) is 1.90. The predicted molar refractivity (Wildman–Crippen MR) is 74.2 cm³/mol. The van der Waals surface area contributed by atoms with E-state index in [1.165, 1.54) is 0 Å². The number of hydrogen-bond donors (Lipinski definition) is 1. The molecule has 0 amide bonds. The summed E-state index contributed by atoms with van der Waals surface area (Å²) in [5, 5.41) is 0. The highest BCUT2D eigenvalue weighted by atomic mass is 79.9. The van der Waals surface area contributed by atoms with Gasteiger partial charge in [0.15, 0.2) is 0 Å². The largest absolute Gasteiger partial charge is 0.398 e. The molecule has 0 spiro atoms. The third-order valence-electron chi connectivity index (χ3n) is 2.28. The molecule has 16 heavy (non-hydrogen) atoms. The SMILES string of the molecule is C=CCN(CC=C)Cc1ccc(Br)cc1N. The van der Waals surface area contributed by atoms with Crippen LogP contribution in [0.4, 0.5) is 5.69 Å². The van der Waals surface area contributed by atoms with E-state index in [1.54, 1.807) is 0 Å². The molecule has 0 heterocycles. The average Bonchev–Trinajstić information content (AvgIpc) is 2.23. The van der Waals surface area contributed by atoms with Crippen molar-refractivity contribution in [3.05, 3.63) is 53.5 Å². The van der Waals surface area contributed by atoms with Crippen LogP contribution >= 0.6 is 15.9 Å². The van der Waals surface area contributed by atoms with Gasteiger partial charge >= 0.3 is 0 Å². The van der Waals surface area contributed by atoms with Crippen LogP contribution < -0.4 is 5.73 Å². The minimum absolute atomic E-state index is 0.812. The summed E-state index contributed by atoms with van der Waals surface area (Å²) in [5.41, 5.74) is 7.90. The van der Waals surface area contributed by atoms with Crippen molar-refractivity contribution < 1.29 is 0 Å². The van der Waals surface area contributed by atoms with Gasteiger partial charge in [-0.15, -0.1) is 13.2 Å². The van der Waals surface area contributed by atoms with Gasteiger partial charge in [-0.25, -0.2) is 0 Å².